The van der Waals surface area contributed by atoms with Gasteiger partial charge in [0, 0.05) is 16.8 Å². The van der Waals surface area contributed by atoms with Gasteiger partial charge in [0.2, 0.25) is 17.5 Å². The first-order chi connectivity index (χ1) is 14.0. The molecule has 3 rings (SSSR count). The van der Waals surface area contributed by atoms with E-state index in [1.807, 2.05) is 0 Å². The Morgan fingerprint density at radius 3 is 2.48 bits per heavy atom. The third-order valence-corrected chi connectivity index (χ3v) is 4.62. The average molecular weight is 406 g/mol. The zero-order valence-electron chi connectivity index (χ0n) is 15.4. The van der Waals surface area contributed by atoms with Crippen LogP contribution in [0.3, 0.4) is 0 Å². The van der Waals surface area contributed by atoms with E-state index in [1.165, 1.54) is 6.08 Å². The molecule has 144 valence electrons. The van der Waals surface area contributed by atoms with E-state index >= 15 is 0 Å². The molecular weight excluding hydrogens is 390 g/mol. The molecule has 0 aliphatic carbocycles. The van der Waals surface area contributed by atoms with Crippen molar-refractivity contribution in [1.82, 2.24) is 10.2 Å². The van der Waals surface area contributed by atoms with Crippen LogP contribution in [0.5, 0.6) is 0 Å². The first-order valence-electron chi connectivity index (χ1n) is 8.56. The van der Waals surface area contributed by atoms with Crippen LogP contribution in [0.4, 0.5) is 17.1 Å². The van der Waals surface area contributed by atoms with Crippen molar-refractivity contribution in [1.29, 1.82) is 0 Å². The van der Waals surface area contributed by atoms with Gasteiger partial charge in [-0.15, -0.1) is 10.2 Å². The summed E-state index contributed by atoms with van der Waals surface area (Å²) in [7, 11) is 0. The van der Waals surface area contributed by atoms with Crippen molar-refractivity contribution in [2.75, 3.05) is 5.32 Å². The second-order valence-corrected chi connectivity index (χ2v) is 6.52. The van der Waals surface area contributed by atoms with Gasteiger partial charge in [-0.2, -0.15) is 0 Å². The fraction of sp³-hybridized carbons (Fsp3) is 0.143. The molecule has 0 saturated carbocycles. The number of hydrogen-bond donors (Lipinski definition) is 2. The summed E-state index contributed by atoms with van der Waals surface area (Å²) < 4.78 is 5.76. The molecule has 29 heavy (non-hydrogen) atoms. The predicted octanol–water partition coefficient (Wildman–Crippen LogP) is 5.67. The summed E-state index contributed by atoms with van der Waals surface area (Å²) in [6.45, 7) is 19.5. The molecule has 0 bridgehead atoms. The molecule has 0 aliphatic rings. The molecule has 7 nitrogen and oxygen atoms in total. The van der Waals surface area contributed by atoms with Crippen molar-refractivity contribution >= 4 is 34.7 Å². The molecule has 0 saturated heterocycles. The summed E-state index contributed by atoms with van der Waals surface area (Å²) >= 11 is 6.27. The number of aromatic nitrogens is 2. The molecule has 3 aromatic rings. The topological polar surface area (TPSA) is 79.9 Å². The van der Waals surface area contributed by atoms with Gasteiger partial charge in [0.05, 0.1) is 24.3 Å². The number of rotatable bonds is 6. The lowest BCUT2D eigenvalue weighted by atomic mass is 10.1. The molecule has 8 heteroatoms. The van der Waals surface area contributed by atoms with Gasteiger partial charge in [-0.05, 0) is 13.0 Å². The van der Waals surface area contributed by atoms with E-state index in [9.17, 15) is 5.11 Å². The number of aliphatic hydroxyl groups is 1. The molecule has 1 aromatic heterocycles. The number of nitrogens with one attached hydrogen (secondary N) is 1. The smallest absolute Gasteiger partial charge is 0.247 e. The van der Waals surface area contributed by atoms with Gasteiger partial charge in [-0.3, -0.25) is 0 Å². The van der Waals surface area contributed by atoms with Crippen LogP contribution in [0.2, 0.25) is 5.02 Å². The molecule has 2 aromatic carbocycles. The summed E-state index contributed by atoms with van der Waals surface area (Å²) in [4.78, 5) is 6.72. The highest BCUT2D eigenvalue weighted by atomic mass is 35.5. The third kappa shape index (κ3) is 4.12. The maximum absolute atomic E-state index is 10.3. The van der Waals surface area contributed by atoms with Crippen LogP contribution in [0.15, 0.2) is 47.4 Å². The van der Waals surface area contributed by atoms with Crippen molar-refractivity contribution in [3.05, 3.63) is 82.3 Å². The lowest BCUT2D eigenvalue weighted by molar-refractivity contribution is 0.159. The lowest BCUT2D eigenvalue weighted by Gasteiger charge is -2.21. The van der Waals surface area contributed by atoms with Crippen molar-refractivity contribution in [3.63, 3.8) is 0 Å². The molecule has 0 fully saturated rings. The number of benzene rings is 2. The molecule has 1 heterocycles. The van der Waals surface area contributed by atoms with Gasteiger partial charge in [0.25, 0.3) is 0 Å². The van der Waals surface area contributed by atoms with E-state index in [0.29, 0.717) is 28.2 Å². The average Bonchev–Trinajstić information content (AvgIpc) is 3.21. The minimum Gasteiger partial charge on any atom is -0.418 e. The Bertz CT molecular complexity index is 1120. The van der Waals surface area contributed by atoms with Gasteiger partial charge >= 0.3 is 0 Å². The Labute approximate surface area is 172 Å². The Hall–Kier alpha value is -3.65. The highest BCUT2D eigenvalue weighted by Crippen LogP contribution is 2.36. The maximum Gasteiger partial charge on any atom is 0.247 e. The highest BCUT2D eigenvalue weighted by molar-refractivity contribution is 6.35. The van der Waals surface area contributed by atoms with Crippen molar-refractivity contribution < 1.29 is 9.52 Å². The fourth-order valence-corrected chi connectivity index (χ4v) is 2.99. The maximum atomic E-state index is 10.3. The van der Waals surface area contributed by atoms with E-state index < -0.39 is 12.1 Å². The molecular formula is C21H16ClN5O2. The number of halogens is 1. The minimum atomic E-state index is -0.871. The van der Waals surface area contributed by atoms with Gasteiger partial charge in [0.1, 0.15) is 6.04 Å². The SMILES string of the molecule is [C-]#[N+]c1ccc(-c2nnc([C@H](Nc3ccc([N+]#[C-])c(Cl)c3C=C)C(C)O)o2)cc1. The van der Waals surface area contributed by atoms with Crippen LogP contribution >= 0.6 is 11.6 Å². The van der Waals surface area contributed by atoms with Crippen molar-refractivity contribution in [3.8, 4) is 11.5 Å². The van der Waals surface area contributed by atoms with E-state index in [2.05, 4.69) is 31.8 Å². The van der Waals surface area contributed by atoms with Crippen LogP contribution in [0.1, 0.15) is 24.4 Å². The standard InChI is InChI=1S/C21H16ClN5O2/c1-5-15-16(10-11-17(24-4)18(15)22)25-19(12(2)28)21-27-26-20(29-21)13-6-8-14(23-3)9-7-13/h5-12,19,25,28H,1H2,2H3/t12?,19-/m1/s1. The molecule has 0 aliphatic heterocycles. The molecule has 0 spiro atoms. The largest absolute Gasteiger partial charge is 0.418 e. The number of hydrogen-bond acceptors (Lipinski definition) is 5. The molecule has 0 amide bonds. The zero-order chi connectivity index (χ0) is 21.0. The molecule has 2 atom stereocenters. The zero-order valence-corrected chi connectivity index (χ0v) is 16.2. The molecule has 2 N–H and O–H groups in total. The van der Waals surface area contributed by atoms with Gasteiger partial charge in [0.15, 0.2) is 5.69 Å². The van der Waals surface area contributed by atoms with E-state index in [0.717, 1.165) is 0 Å². The van der Waals surface area contributed by atoms with Crippen LogP contribution < -0.4 is 5.32 Å². The fourth-order valence-electron chi connectivity index (χ4n) is 2.70. The highest BCUT2D eigenvalue weighted by Gasteiger charge is 2.25. The first-order valence-corrected chi connectivity index (χ1v) is 8.94. The summed E-state index contributed by atoms with van der Waals surface area (Å²) in [6, 6.07) is 9.31. The molecule has 0 radical (unpaired) electrons. The van der Waals surface area contributed by atoms with Crippen molar-refractivity contribution in [2.24, 2.45) is 0 Å². The molecule has 1 unspecified atom stereocenters. The quantitative estimate of drug-likeness (QED) is 0.516. The van der Waals surface area contributed by atoms with E-state index in [-0.39, 0.29) is 16.8 Å². The number of anilines is 1. The van der Waals surface area contributed by atoms with Crippen LogP contribution in [0, 0.1) is 13.1 Å². The minimum absolute atomic E-state index is 0.185. The summed E-state index contributed by atoms with van der Waals surface area (Å²) in [6.07, 6.45) is 0.668. The normalized spacial score (nSPS) is 12.4. The second-order valence-electron chi connectivity index (χ2n) is 6.14. The van der Waals surface area contributed by atoms with Gasteiger partial charge < -0.3 is 14.8 Å². The Balaban J connectivity index is 1.93. The third-order valence-electron chi connectivity index (χ3n) is 4.23. The second kappa shape index (κ2) is 8.57. The monoisotopic (exact) mass is 405 g/mol. The lowest BCUT2D eigenvalue weighted by Crippen LogP contribution is -2.23. The summed E-state index contributed by atoms with van der Waals surface area (Å²) in [5, 5.41) is 21.8. The van der Waals surface area contributed by atoms with Gasteiger partial charge in [-0.1, -0.05) is 54.6 Å². The van der Waals surface area contributed by atoms with E-state index in [4.69, 9.17) is 29.2 Å². The van der Waals surface area contributed by atoms with Gasteiger partial charge in [-0.25, -0.2) is 9.69 Å². The Kier molecular flexibility index (Phi) is 5.94. The Morgan fingerprint density at radius 1 is 1.17 bits per heavy atom. The first kappa shape index (κ1) is 20.1. The summed E-state index contributed by atoms with van der Waals surface area (Å²) in [5.41, 5.74) is 2.60. The van der Waals surface area contributed by atoms with E-state index in [1.54, 1.807) is 43.3 Å². The van der Waals surface area contributed by atoms with Crippen molar-refractivity contribution in [2.45, 2.75) is 19.1 Å². The van der Waals surface area contributed by atoms with Crippen LogP contribution in [-0.4, -0.2) is 21.4 Å². The predicted molar refractivity (Wildman–Crippen MR) is 112 cm³/mol. The number of nitrogens with zero attached hydrogens (tertiary/aromatic N) is 4. The van der Waals surface area contributed by atoms with Crippen LogP contribution in [0.25, 0.3) is 27.2 Å². The Morgan fingerprint density at radius 2 is 1.90 bits per heavy atom. The summed E-state index contributed by atoms with van der Waals surface area (Å²) in [5.74, 6) is 0.457. The van der Waals surface area contributed by atoms with Crippen LogP contribution in [-0.2, 0) is 0 Å². The number of aliphatic hydroxyl groups excluding tert-OH is 1.